The number of fused-ring (bicyclic) bond motifs is 1. The molecule has 26 heavy (non-hydrogen) atoms. The van der Waals surface area contributed by atoms with Gasteiger partial charge in [-0.05, 0) is 53.2 Å². The van der Waals surface area contributed by atoms with Crippen molar-refractivity contribution in [1.29, 1.82) is 0 Å². The van der Waals surface area contributed by atoms with Crippen molar-refractivity contribution >= 4 is 22.6 Å². The van der Waals surface area contributed by atoms with Gasteiger partial charge in [-0.25, -0.2) is 9.67 Å². The quantitative estimate of drug-likeness (QED) is 0.598. The molecule has 130 valence electrons. The molecule has 2 heterocycles. The third-order valence-electron chi connectivity index (χ3n) is 4.18. The Balaban J connectivity index is 1.41. The van der Waals surface area contributed by atoms with E-state index in [9.17, 15) is 4.79 Å². The maximum Gasteiger partial charge on any atom is 0.226 e. The van der Waals surface area contributed by atoms with E-state index in [-0.39, 0.29) is 5.91 Å². The van der Waals surface area contributed by atoms with Crippen LogP contribution in [-0.4, -0.2) is 35.7 Å². The van der Waals surface area contributed by atoms with Gasteiger partial charge in [0.25, 0.3) is 0 Å². The molecule has 1 N–H and O–H groups in total. The number of anilines is 1. The highest BCUT2D eigenvalue weighted by atomic mass is 16.1. The molecule has 0 aliphatic carbocycles. The minimum absolute atomic E-state index is 0.0441. The fraction of sp³-hybridized carbons (Fsp3) is 0.167. The van der Waals surface area contributed by atoms with Gasteiger partial charge in [-0.3, -0.25) is 4.79 Å². The van der Waals surface area contributed by atoms with E-state index in [1.54, 1.807) is 11.0 Å². The molecule has 0 unspecified atom stereocenters. The number of imidazole rings is 1. The Morgan fingerprint density at radius 1 is 1.15 bits per heavy atom. The zero-order chi connectivity index (χ0) is 17.9. The van der Waals surface area contributed by atoms with E-state index in [2.05, 4.69) is 25.8 Å². The molecule has 2 aromatic carbocycles. The van der Waals surface area contributed by atoms with Crippen molar-refractivity contribution in [3.63, 3.8) is 0 Å². The van der Waals surface area contributed by atoms with Crippen LogP contribution in [0.15, 0.2) is 55.1 Å². The minimum atomic E-state index is -0.0441. The van der Waals surface area contributed by atoms with Gasteiger partial charge < -0.3 is 9.88 Å². The molecule has 0 aliphatic rings. The Morgan fingerprint density at radius 3 is 2.85 bits per heavy atom. The van der Waals surface area contributed by atoms with Crippen molar-refractivity contribution in [3.05, 3.63) is 60.7 Å². The van der Waals surface area contributed by atoms with E-state index in [1.165, 1.54) is 6.33 Å². The number of amides is 1. The summed E-state index contributed by atoms with van der Waals surface area (Å²) in [6.07, 6.45) is 3.67. The normalized spacial score (nSPS) is 11.0. The van der Waals surface area contributed by atoms with Gasteiger partial charge in [0.1, 0.15) is 6.33 Å². The van der Waals surface area contributed by atoms with Crippen LogP contribution in [0.4, 0.5) is 5.69 Å². The van der Waals surface area contributed by atoms with Crippen LogP contribution in [0, 0.1) is 6.92 Å². The van der Waals surface area contributed by atoms with Crippen LogP contribution in [0.5, 0.6) is 0 Å². The van der Waals surface area contributed by atoms with Crippen molar-refractivity contribution in [3.8, 4) is 5.69 Å². The summed E-state index contributed by atoms with van der Waals surface area (Å²) in [6.45, 7) is 2.53. The monoisotopic (exact) mass is 347 g/mol. The van der Waals surface area contributed by atoms with E-state index < -0.39 is 0 Å². The molecule has 0 atom stereocenters. The first-order valence-corrected chi connectivity index (χ1v) is 8.24. The Morgan fingerprint density at radius 2 is 2.04 bits per heavy atom. The molecule has 4 rings (SSSR count). The summed E-state index contributed by atoms with van der Waals surface area (Å²) < 4.78 is 3.58. The summed E-state index contributed by atoms with van der Waals surface area (Å²) in [6, 6.07) is 13.5. The molecule has 2 aromatic heterocycles. The predicted molar refractivity (Wildman–Crippen MR) is 96.9 cm³/mol. The largest absolute Gasteiger partial charge is 0.330 e. The van der Waals surface area contributed by atoms with Crippen molar-refractivity contribution in [2.45, 2.75) is 19.9 Å². The van der Waals surface area contributed by atoms with E-state index >= 15 is 0 Å². The second-order valence-electron chi connectivity index (χ2n) is 5.98. The van der Waals surface area contributed by atoms with Gasteiger partial charge in [0.15, 0.2) is 0 Å². The van der Waals surface area contributed by atoms with E-state index in [0.29, 0.717) is 13.0 Å². The van der Waals surface area contributed by atoms with Crippen LogP contribution in [0.3, 0.4) is 0 Å². The van der Waals surface area contributed by atoms with Gasteiger partial charge in [0, 0.05) is 18.7 Å². The second-order valence-corrected chi connectivity index (χ2v) is 5.98. The predicted octanol–water partition coefficient (Wildman–Crippen LogP) is 2.35. The number of carbonyl (C=O) groups is 1. The number of para-hydroxylation sites is 2. The lowest BCUT2D eigenvalue weighted by molar-refractivity contribution is -0.116. The first kappa shape index (κ1) is 15.9. The van der Waals surface area contributed by atoms with Crippen LogP contribution in [0.1, 0.15) is 12.0 Å². The van der Waals surface area contributed by atoms with Crippen molar-refractivity contribution < 1.29 is 4.79 Å². The molecule has 0 bridgehead atoms. The third kappa shape index (κ3) is 3.16. The van der Waals surface area contributed by atoms with Crippen LogP contribution >= 0.6 is 0 Å². The number of nitrogens with one attached hydrogen (secondary N) is 1. The lowest BCUT2D eigenvalue weighted by Crippen LogP contribution is -2.14. The Hall–Kier alpha value is -3.55. The number of aryl methyl sites for hydroxylation is 2. The van der Waals surface area contributed by atoms with Gasteiger partial charge in [-0.15, -0.1) is 5.10 Å². The smallest absolute Gasteiger partial charge is 0.226 e. The van der Waals surface area contributed by atoms with Crippen LogP contribution in [0.2, 0.25) is 0 Å². The molecular weight excluding hydrogens is 330 g/mol. The van der Waals surface area contributed by atoms with Gasteiger partial charge in [-0.2, -0.15) is 0 Å². The molecular formula is C18H17N7O. The number of hydrogen-bond donors (Lipinski definition) is 1. The van der Waals surface area contributed by atoms with Crippen LogP contribution in [0.25, 0.3) is 16.7 Å². The highest BCUT2D eigenvalue weighted by molar-refractivity contribution is 5.91. The fourth-order valence-corrected chi connectivity index (χ4v) is 2.90. The number of aromatic nitrogens is 6. The van der Waals surface area contributed by atoms with Crippen LogP contribution < -0.4 is 5.32 Å². The van der Waals surface area contributed by atoms with Gasteiger partial charge in [-0.1, -0.05) is 12.1 Å². The van der Waals surface area contributed by atoms with Crippen LogP contribution in [-0.2, 0) is 11.3 Å². The SMILES string of the molecule is Cc1cc(NC(=O)CCn2cnc3ccccc32)ccc1-n1cnnn1. The molecule has 0 spiro atoms. The molecule has 8 heteroatoms. The number of tetrazole rings is 1. The topological polar surface area (TPSA) is 90.5 Å². The standard InChI is InChI=1S/C18H17N7O/c1-13-10-14(6-7-16(13)25-12-20-22-23-25)21-18(26)8-9-24-11-19-15-4-2-3-5-17(15)24/h2-7,10-12H,8-9H2,1H3,(H,21,26). The molecule has 1 amide bonds. The van der Waals surface area contributed by atoms with Crippen molar-refractivity contribution in [2.75, 3.05) is 5.32 Å². The Kier molecular flexibility index (Phi) is 4.14. The molecule has 0 saturated carbocycles. The summed E-state index contributed by atoms with van der Waals surface area (Å²) in [5.41, 5.74) is 4.55. The summed E-state index contributed by atoms with van der Waals surface area (Å²) in [5, 5.41) is 14.1. The fourth-order valence-electron chi connectivity index (χ4n) is 2.90. The van der Waals surface area contributed by atoms with Gasteiger partial charge in [0.2, 0.25) is 5.91 Å². The van der Waals surface area contributed by atoms with E-state index in [4.69, 9.17) is 0 Å². The highest BCUT2D eigenvalue weighted by Crippen LogP contribution is 2.18. The Bertz CT molecular complexity index is 1050. The molecule has 4 aromatic rings. The molecule has 8 nitrogen and oxygen atoms in total. The number of hydrogen-bond acceptors (Lipinski definition) is 5. The lowest BCUT2D eigenvalue weighted by atomic mass is 10.1. The summed E-state index contributed by atoms with van der Waals surface area (Å²) in [5.74, 6) is -0.0441. The zero-order valence-corrected chi connectivity index (χ0v) is 14.2. The summed E-state index contributed by atoms with van der Waals surface area (Å²) in [4.78, 5) is 16.6. The number of nitrogens with zero attached hydrogens (tertiary/aromatic N) is 6. The average molecular weight is 347 g/mol. The molecule has 0 radical (unpaired) electrons. The maximum atomic E-state index is 12.3. The Labute approximate surface area is 149 Å². The zero-order valence-electron chi connectivity index (χ0n) is 14.2. The summed E-state index contributed by atoms with van der Waals surface area (Å²) in [7, 11) is 0. The third-order valence-corrected chi connectivity index (χ3v) is 4.18. The minimum Gasteiger partial charge on any atom is -0.330 e. The van der Waals surface area contributed by atoms with E-state index in [1.807, 2.05) is 54.0 Å². The van der Waals surface area contributed by atoms with Crippen molar-refractivity contribution in [2.24, 2.45) is 0 Å². The number of benzene rings is 2. The molecule has 0 aliphatic heterocycles. The summed E-state index contributed by atoms with van der Waals surface area (Å²) >= 11 is 0. The van der Waals surface area contributed by atoms with Crippen molar-refractivity contribution in [1.82, 2.24) is 29.8 Å². The first-order valence-electron chi connectivity index (χ1n) is 8.24. The lowest BCUT2D eigenvalue weighted by Gasteiger charge is -2.10. The molecule has 0 saturated heterocycles. The second kappa shape index (κ2) is 6.75. The number of carbonyl (C=O) groups excluding carboxylic acids is 1. The first-order chi connectivity index (χ1) is 12.7. The highest BCUT2D eigenvalue weighted by Gasteiger charge is 2.08. The van der Waals surface area contributed by atoms with Gasteiger partial charge in [0.05, 0.1) is 23.0 Å². The average Bonchev–Trinajstić information content (AvgIpc) is 3.30. The maximum absolute atomic E-state index is 12.3. The number of rotatable bonds is 5. The van der Waals surface area contributed by atoms with Gasteiger partial charge >= 0.3 is 0 Å². The van der Waals surface area contributed by atoms with E-state index in [0.717, 1.165) is 28.0 Å². The molecule has 0 fully saturated rings.